The highest BCUT2D eigenvalue weighted by molar-refractivity contribution is 6.26. The molecule has 0 aliphatic carbocycles. The van der Waals surface area contributed by atoms with Crippen LogP contribution < -0.4 is 21.3 Å². The van der Waals surface area contributed by atoms with Gasteiger partial charge in [0.15, 0.2) is 0 Å². The number of carbonyl (C=O) groups excluding carboxylic acids is 4. The summed E-state index contributed by atoms with van der Waals surface area (Å²) in [6, 6.07) is 0. The molecule has 12 heteroatoms. The van der Waals surface area contributed by atoms with Gasteiger partial charge in [0.05, 0.1) is 5.57 Å². The SMILES string of the molecule is CC=C(C(=O)OC1CC(C)(C)NC(C)(C)C1)C(C(=O)OC1CC(C)(C)NC(C)(C)C1)(C(=O)OC1CC(C)(C)NC(C)(C)C1)C(=O)OC1CC(C)(C)NC(C)(C)C1. The van der Waals surface area contributed by atoms with Crippen molar-refractivity contribution >= 4 is 23.9 Å². The Morgan fingerprint density at radius 3 is 0.804 bits per heavy atom. The monoisotopic (exact) mass is 789 g/mol. The number of piperidine rings is 4. The van der Waals surface area contributed by atoms with Gasteiger partial charge in [0.25, 0.3) is 5.41 Å². The molecule has 4 aliphatic rings. The first-order chi connectivity index (χ1) is 25.1. The Morgan fingerprint density at radius 2 is 0.607 bits per heavy atom. The van der Waals surface area contributed by atoms with Crippen molar-refractivity contribution in [2.24, 2.45) is 5.41 Å². The van der Waals surface area contributed by atoms with Crippen LogP contribution in [0.3, 0.4) is 0 Å². The zero-order chi connectivity index (χ0) is 42.7. The van der Waals surface area contributed by atoms with Gasteiger partial charge in [-0.1, -0.05) is 6.08 Å². The lowest BCUT2D eigenvalue weighted by Crippen LogP contribution is -2.63. The quantitative estimate of drug-likeness (QED) is 0.0895. The van der Waals surface area contributed by atoms with Crippen molar-refractivity contribution in [2.75, 3.05) is 0 Å². The number of hydrogen-bond acceptors (Lipinski definition) is 12. The second-order valence-electron chi connectivity index (χ2n) is 22.8. The van der Waals surface area contributed by atoms with Crippen LogP contribution in [0.1, 0.15) is 169 Å². The molecule has 4 saturated heterocycles. The van der Waals surface area contributed by atoms with E-state index in [1.807, 2.05) is 111 Å². The van der Waals surface area contributed by atoms with Crippen LogP contribution in [0.15, 0.2) is 11.6 Å². The van der Waals surface area contributed by atoms with Crippen LogP contribution in [-0.2, 0) is 38.1 Å². The van der Waals surface area contributed by atoms with Gasteiger partial charge in [-0.05, 0) is 118 Å². The number of rotatable bonds is 9. The van der Waals surface area contributed by atoms with Crippen molar-refractivity contribution in [3.63, 3.8) is 0 Å². The van der Waals surface area contributed by atoms with Gasteiger partial charge >= 0.3 is 23.9 Å². The molecule has 0 atom stereocenters. The summed E-state index contributed by atoms with van der Waals surface area (Å²) in [7, 11) is 0. The van der Waals surface area contributed by atoms with Gasteiger partial charge in [-0.3, -0.25) is 0 Å². The lowest BCUT2D eigenvalue weighted by Gasteiger charge is -2.48. The summed E-state index contributed by atoms with van der Waals surface area (Å²) in [5, 5.41) is 14.4. The topological polar surface area (TPSA) is 153 Å². The summed E-state index contributed by atoms with van der Waals surface area (Å²) >= 11 is 0. The van der Waals surface area contributed by atoms with E-state index in [1.165, 1.54) is 13.0 Å². The van der Waals surface area contributed by atoms with E-state index in [0.29, 0.717) is 51.4 Å². The van der Waals surface area contributed by atoms with Crippen LogP contribution in [0, 0.1) is 5.41 Å². The number of nitrogens with one attached hydrogen (secondary N) is 4. The predicted molar refractivity (Wildman–Crippen MR) is 218 cm³/mol. The molecule has 0 aromatic heterocycles. The smallest absolute Gasteiger partial charge is 0.340 e. The molecule has 0 saturated carbocycles. The summed E-state index contributed by atoms with van der Waals surface area (Å²) in [4.78, 5) is 60.7. The van der Waals surface area contributed by atoms with E-state index in [2.05, 4.69) is 21.3 Å². The van der Waals surface area contributed by atoms with E-state index >= 15 is 14.4 Å². The minimum absolute atomic E-state index is 0.380. The average molecular weight is 789 g/mol. The minimum atomic E-state index is -2.93. The van der Waals surface area contributed by atoms with Crippen LogP contribution >= 0.6 is 0 Å². The first kappa shape index (κ1) is 46.2. The highest BCUT2D eigenvalue weighted by atomic mass is 16.6. The maximum absolute atomic E-state index is 15.3. The van der Waals surface area contributed by atoms with Gasteiger partial charge in [0, 0.05) is 95.7 Å². The molecule has 4 heterocycles. The molecule has 0 unspecified atom stereocenters. The van der Waals surface area contributed by atoms with Gasteiger partial charge < -0.3 is 40.2 Å². The molecule has 4 aliphatic heterocycles. The largest absolute Gasteiger partial charge is 0.461 e. The molecule has 0 spiro atoms. The lowest BCUT2D eigenvalue weighted by molar-refractivity contribution is -0.193. The van der Waals surface area contributed by atoms with Crippen molar-refractivity contribution in [3.8, 4) is 0 Å². The van der Waals surface area contributed by atoms with Gasteiger partial charge in [0.2, 0.25) is 0 Å². The molecule has 320 valence electrons. The van der Waals surface area contributed by atoms with E-state index in [4.69, 9.17) is 18.9 Å². The molecule has 12 nitrogen and oxygen atoms in total. The Bertz CT molecular complexity index is 1360. The summed E-state index contributed by atoms with van der Waals surface area (Å²) in [6.45, 7) is 33.9. The molecule has 4 N–H and O–H groups in total. The molecule has 4 fully saturated rings. The Labute approximate surface area is 337 Å². The van der Waals surface area contributed by atoms with Crippen LogP contribution in [0.4, 0.5) is 0 Å². The molecular weight excluding hydrogens is 713 g/mol. The first-order valence-corrected chi connectivity index (χ1v) is 20.8. The van der Waals surface area contributed by atoms with Crippen molar-refractivity contribution in [3.05, 3.63) is 11.6 Å². The normalized spacial score (nSPS) is 27.4. The minimum Gasteiger partial charge on any atom is -0.461 e. The molecule has 56 heavy (non-hydrogen) atoms. The van der Waals surface area contributed by atoms with Crippen LogP contribution in [0.5, 0.6) is 0 Å². The maximum Gasteiger partial charge on any atom is 0.340 e. The third-order valence-corrected chi connectivity index (χ3v) is 11.5. The lowest BCUT2D eigenvalue weighted by atomic mass is 9.76. The summed E-state index contributed by atoms with van der Waals surface area (Å²) in [5.74, 6) is -4.54. The molecule has 0 bridgehead atoms. The van der Waals surface area contributed by atoms with Crippen molar-refractivity contribution in [1.29, 1.82) is 0 Å². The Morgan fingerprint density at radius 1 is 0.411 bits per heavy atom. The van der Waals surface area contributed by atoms with Gasteiger partial charge in [-0.15, -0.1) is 0 Å². The molecular formula is C44H76N4O8. The highest BCUT2D eigenvalue weighted by Crippen LogP contribution is 2.42. The summed E-state index contributed by atoms with van der Waals surface area (Å²) in [6.07, 6.45) is 2.07. The molecule has 4 rings (SSSR count). The van der Waals surface area contributed by atoms with E-state index in [-0.39, 0.29) is 11.1 Å². The standard InChI is InChI=1S/C44H76N4O8/c1-18-31(32(49)53-27-19-36(2,3)45-37(4,5)20-27)44(33(50)54-28-21-38(6,7)46-39(8,9)22-28,34(51)55-29-23-40(10,11)47-41(12,13)24-29)35(52)56-30-25-42(14,15)48-43(16,17)26-30/h18,27-30,45-48H,19-26H2,1-17H3. The maximum atomic E-state index is 15.3. The first-order valence-electron chi connectivity index (χ1n) is 20.8. The second-order valence-corrected chi connectivity index (χ2v) is 22.8. The predicted octanol–water partition coefficient (Wildman–Crippen LogP) is 6.33. The number of ether oxygens (including phenoxy) is 4. The van der Waals surface area contributed by atoms with Crippen molar-refractivity contribution in [2.45, 2.75) is 238 Å². The van der Waals surface area contributed by atoms with Crippen LogP contribution in [0.2, 0.25) is 0 Å². The zero-order valence-corrected chi connectivity index (χ0v) is 37.8. The molecule has 0 amide bonds. The third-order valence-electron chi connectivity index (χ3n) is 11.5. The fraction of sp³-hybridized carbons (Fsp3) is 0.864. The van der Waals surface area contributed by atoms with E-state index in [1.54, 1.807) is 0 Å². The summed E-state index contributed by atoms with van der Waals surface area (Å²) in [5.41, 5.74) is -6.78. The fourth-order valence-corrected chi connectivity index (χ4v) is 11.2. The Balaban J connectivity index is 1.88. The highest BCUT2D eigenvalue weighted by Gasteiger charge is 2.65. The van der Waals surface area contributed by atoms with Gasteiger partial charge in [0.1, 0.15) is 24.4 Å². The van der Waals surface area contributed by atoms with E-state index < -0.39 is 92.5 Å². The summed E-state index contributed by atoms with van der Waals surface area (Å²) < 4.78 is 25.3. The van der Waals surface area contributed by atoms with Crippen LogP contribution in [-0.4, -0.2) is 92.6 Å². The van der Waals surface area contributed by atoms with Gasteiger partial charge in [-0.2, -0.15) is 0 Å². The molecule has 0 aromatic carbocycles. The number of allylic oxidation sites excluding steroid dienone is 1. The van der Waals surface area contributed by atoms with Crippen molar-refractivity contribution < 1.29 is 38.1 Å². The van der Waals surface area contributed by atoms with E-state index in [9.17, 15) is 4.79 Å². The average Bonchev–Trinajstić information content (AvgIpc) is 2.88. The Hall–Kier alpha value is -2.54. The third kappa shape index (κ3) is 11.3. The number of carbonyl (C=O) groups is 4. The second kappa shape index (κ2) is 15.2. The molecule has 0 aromatic rings. The van der Waals surface area contributed by atoms with Crippen LogP contribution in [0.25, 0.3) is 0 Å². The van der Waals surface area contributed by atoms with E-state index in [0.717, 1.165) is 0 Å². The number of hydrogen-bond donors (Lipinski definition) is 4. The van der Waals surface area contributed by atoms with Crippen molar-refractivity contribution in [1.82, 2.24) is 21.3 Å². The zero-order valence-electron chi connectivity index (χ0n) is 37.8. The van der Waals surface area contributed by atoms with Gasteiger partial charge in [-0.25, -0.2) is 19.2 Å². The Kier molecular flexibility index (Phi) is 12.6. The number of esters is 4. The molecule has 0 radical (unpaired) electrons. The fourth-order valence-electron chi connectivity index (χ4n) is 11.2.